The molecule has 1 saturated heterocycles. The third-order valence-electron chi connectivity index (χ3n) is 6.71. The topological polar surface area (TPSA) is 61.0 Å². The number of anilines is 1. The maximum Gasteiger partial charge on any atom is 0.156 e. The van der Waals surface area contributed by atoms with Crippen molar-refractivity contribution in [3.05, 3.63) is 53.0 Å². The number of nitrogens with zero attached hydrogens (tertiary/aromatic N) is 6. The molecule has 2 aromatic heterocycles. The van der Waals surface area contributed by atoms with Gasteiger partial charge in [0.05, 0.1) is 5.56 Å². The molecule has 0 spiro atoms. The van der Waals surface area contributed by atoms with Crippen molar-refractivity contribution in [1.82, 2.24) is 19.4 Å². The first-order chi connectivity index (χ1) is 14.8. The van der Waals surface area contributed by atoms with E-state index < -0.39 is 0 Å². The van der Waals surface area contributed by atoms with Gasteiger partial charge in [-0.05, 0) is 43.7 Å². The van der Waals surface area contributed by atoms with Crippen molar-refractivity contribution >= 4 is 16.9 Å². The summed E-state index contributed by atoms with van der Waals surface area (Å²) in [5.41, 5.74) is 6.63. The van der Waals surface area contributed by atoms with Crippen LogP contribution in [0.3, 0.4) is 0 Å². The van der Waals surface area contributed by atoms with Crippen LogP contribution in [0.4, 0.5) is 5.82 Å². The third kappa shape index (κ3) is 3.33. The van der Waals surface area contributed by atoms with E-state index in [1.807, 2.05) is 0 Å². The minimum Gasteiger partial charge on any atom is -0.352 e. The Kier molecular flexibility index (Phi) is 5.14. The van der Waals surface area contributed by atoms with Crippen molar-refractivity contribution in [2.75, 3.05) is 37.6 Å². The first-order valence-electron chi connectivity index (χ1n) is 11.0. The molecular formula is C24H28N6. The Morgan fingerprint density at radius 1 is 1.03 bits per heavy atom. The van der Waals surface area contributed by atoms with Crippen molar-refractivity contribution in [3.63, 3.8) is 0 Å². The van der Waals surface area contributed by atoms with Gasteiger partial charge in [0, 0.05) is 45.0 Å². The largest absolute Gasteiger partial charge is 0.352 e. The second-order valence-electron chi connectivity index (χ2n) is 8.44. The lowest BCUT2D eigenvalue weighted by atomic mass is 10.1. The summed E-state index contributed by atoms with van der Waals surface area (Å²) in [5.74, 6) is 1.00. The monoisotopic (exact) mass is 400 g/mol. The maximum absolute atomic E-state index is 9.74. The number of aryl methyl sites for hydroxylation is 2. The minimum atomic E-state index is 0.755. The summed E-state index contributed by atoms with van der Waals surface area (Å²) in [7, 11) is 0. The summed E-state index contributed by atoms with van der Waals surface area (Å²) < 4.78 is 2.32. The molecule has 1 aromatic carbocycles. The molecule has 4 heterocycles. The summed E-state index contributed by atoms with van der Waals surface area (Å²) in [6.07, 6.45) is 6.00. The van der Waals surface area contributed by atoms with Crippen LogP contribution in [0.1, 0.15) is 35.2 Å². The SMILES string of the molecule is Cc1ccccc1CCN1CCN(c2ncnc3c(C#N)c4n(c23)CCCC4)CC1. The van der Waals surface area contributed by atoms with E-state index in [2.05, 4.69) is 61.6 Å². The predicted octanol–water partition coefficient (Wildman–Crippen LogP) is 3.31. The Labute approximate surface area is 177 Å². The molecule has 154 valence electrons. The van der Waals surface area contributed by atoms with E-state index >= 15 is 0 Å². The van der Waals surface area contributed by atoms with Gasteiger partial charge < -0.3 is 9.47 Å². The molecule has 0 atom stereocenters. The summed E-state index contributed by atoms with van der Waals surface area (Å²) in [6, 6.07) is 11.1. The van der Waals surface area contributed by atoms with Gasteiger partial charge in [0.15, 0.2) is 5.82 Å². The molecule has 5 rings (SSSR count). The number of rotatable bonds is 4. The van der Waals surface area contributed by atoms with E-state index in [-0.39, 0.29) is 0 Å². The Balaban J connectivity index is 1.34. The van der Waals surface area contributed by atoms with E-state index in [0.29, 0.717) is 0 Å². The fraction of sp³-hybridized carbons (Fsp3) is 0.458. The summed E-state index contributed by atoms with van der Waals surface area (Å²) in [5, 5.41) is 9.74. The summed E-state index contributed by atoms with van der Waals surface area (Å²) >= 11 is 0. The van der Waals surface area contributed by atoms with E-state index in [0.717, 1.165) is 93.1 Å². The summed E-state index contributed by atoms with van der Waals surface area (Å²) in [4.78, 5) is 14.1. The second kappa shape index (κ2) is 8.08. The van der Waals surface area contributed by atoms with E-state index in [1.54, 1.807) is 6.33 Å². The highest BCUT2D eigenvalue weighted by molar-refractivity contribution is 5.92. The number of hydrogen-bond donors (Lipinski definition) is 0. The fourth-order valence-corrected chi connectivity index (χ4v) is 4.98. The van der Waals surface area contributed by atoms with Gasteiger partial charge in [0.1, 0.15) is 23.4 Å². The van der Waals surface area contributed by atoms with E-state index in [9.17, 15) is 5.26 Å². The number of hydrogen-bond acceptors (Lipinski definition) is 5. The molecule has 0 saturated carbocycles. The molecule has 0 radical (unpaired) electrons. The first-order valence-corrected chi connectivity index (χ1v) is 11.0. The molecular weight excluding hydrogens is 372 g/mol. The zero-order chi connectivity index (χ0) is 20.5. The highest BCUT2D eigenvalue weighted by Crippen LogP contribution is 2.34. The average molecular weight is 401 g/mol. The van der Waals surface area contributed by atoms with Crippen molar-refractivity contribution in [3.8, 4) is 6.07 Å². The van der Waals surface area contributed by atoms with Crippen LogP contribution < -0.4 is 4.90 Å². The van der Waals surface area contributed by atoms with Crippen LogP contribution in [0, 0.1) is 18.3 Å². The molecule has 30 heavy (non-hydrogen) atoms. The number of fused-ring (bicyclic) bond motifs is 3. The van der Waals surface area contributed by atoms with Gasteiger partial charge >= 0.3 is 0 Å². The molecule has 0 amide bonds. The predicted molar refractivity (Wildman–Crippen MR) is 119 cm³/mol. The average Bonchev–Trinajstić information content (AvgIpc) is 3.13. The van der Waals surface area contributed by atoms with Crippen LogP contribution in [0.2, 0.25) is 0 Å². The molecule has 0 aliphatic carbocycles. The zero-order valence-electron chi connectivity index (χ0n) is 17.6. The molecule has 0 N–H and O–H groups in total. The van der Waals surface area contributed by atoms with Gasteiger partial charge in [-0.2, -0.15) is 5.26 Å². The fourth-order valence-electron chi connectivity index (χ4n) is 4.98. The minimum absolute atomic E-state index is 0.755. The number of nitriles is 1. The molecule has 1 fully saturated rings. The molecule has 0 bridgehead atoms. The number of benzene rings is 1. The van der Waals surface area contributed by atoms with Crippen LogP contribution in [-0.4, -0.2) is 52.2 Å². The lowest BCUT2D eigenvalue weighted by molar-refractivity contribution is 0.260. The van der Waals surface area contributed by atoms with E-state index in [4.69, 9.17) is 0 Å². The lowest BCUT2D eigenvalue weighted by Crippen LogP contribution is -2.47. The highest BCUT2D eigenvalue weighted by atomic mass is 15.3. The van der Waals surface area contributed by atoms with Gasteiger partial charge in [-0.3, -0.25) is 4.90 Å². The second-order valence-corrected chi connectivity index (χ2v) is 8.44. The normalized spacial score (nSPS) is 17.1. The molecule has 6 nitrogen and oxygen atoms in total. The van der Waals surface area contributed by atoms with Crippen LogP contribution in [-0.2, 0) is 19.4 Å². The van der Waals surface area contributed by atoms with Crippen LogP contribution in [0.5, 0.6) is 0 Å². The molecule has 2 aliphatic heterocycles. The lowest BCUT2D eigenvalue weighted by Gasteiger charge is -2.36. The quantitative estimate of drug-likeness (QED) is 0.672. The number of piperazine rings is 1. The van der Waals surface area contributed by atoms with Gasteiger partial charge in [-0.1, -0.05) is 24.3 Å². The smallest absolute Gasteiger partial charge is 0.156 e. The van der Waals surface area contributed by atoms with Gasteiger partial charge in [-0.15, -0.1) is 0 Å². The van der Waals surface area contributed by atoms with Crippen LogP contribution in [0.15, 0.2) is 30.6 Å². The van der Waals surface area contributed by atoms with Crippen molar-refractivity contribution < 1.29 is 0 Å². The maximum atomic E-state index is 9.74. The molecule has 0 unspecified atom stereocenters. The number of aromatic nitrogens is 3. The Hall–Kier alpha value is -2.91. The van der Waals surface area contributed by atoms with Crippen molar-refractivity contribution in [2.45, 2.75) is 39.2 Å². The Morgan fingerprint density at radius 2 is 1.87 bits per heavy atom. The van der Waals surface area contributed by atoms with Gasteiger partial charge in [0.2, 0.25) is 0 Å². The Morgan fingerprint density at radius 3 is 2.67 bits per heavy atom. The molecule has 3 aromatic rings. The van der Waals surface area contributed by atoms with Gasteiger partial charge in [-0.25, -0.2) is 9.97 Å². The molecule has 6 heteroatoms. The van der Waals surface area contributed by atoms with Crippen LogP contribution >= 0.6 is 0 Å². The van der Waals surface area contributed by atoms with E-state index in [1.165, 1.54) is 11.1 Å². The third-order valence-corrected chi connectivity index (χ3v) is 6.71. The zero-order valence-corrected chi connectivity index (χ0v) is 17.6. The van der Waals surface area contributed by atoms with Crippen LogP contribution in [0.25, 0.3) is 11.0 Å². The Bertz CT molecular complexity index is 1100. The van der Waals surface area contributed by atoms with Crippen molar-refractivity contribution in [1.29, 1.82) is 5.26 Å². The first kappa shape index (κ1) is 19.1. The highest BCUT2D eigenvalue weighted by Gasteiger charge is 2.27. The molecule has 2 aliphatic rings. The summed E-state index contributed by atoms with van der Waals surface area (Å²) in [6.45, 7) is 8.25. The van der Waals surface area contributed by atoms with Gasteiger partial charge in [0.25, 0.3) is 0 Å². The van der Waals surface area contributed by atoms with Crippen molar-refractivity contribution in [2.24, 2.45) is 0 Å². The standard InChI is InChI=1S/C24H28N6/c1-18-6-2-3-7-19(18)9-11-28-12-14-29(15-13-28)24-23-22(26-17-27-24)20(16-25)21-8-4-5-10-30(21)23/h2-3,6-7,17H,4-5,8-15H2,1H3.